The number of carbonyl (C=O) groups excluding carboxylic acids is 2. The summed E-state index contributed by atoms with van der Waals surface area (Å²) in [5, 5.41) is 26.9. The largest absolute Gasteiger partial charge is 0.454 e. The van der Waals surface area contributed by atoms with Gasteiger partial charge >= 0.3 is 11.9 Å². The molecule has 0 aromatic carbocycles. The van der Waals surface area contributed by atoms with Crippen LogP contribution in [0.3, 0.4) is 0 Å². The van der Waals surface area contributed by atoms with Crippen LogP contribution in [0.4, 0.5) is 0 Å². The number of ether oxygens (including phenoxy) is 2. The fourth-order valence-corrected chi connectivity index (χ4v) is 9.10. The Morgan fingerprint density at radius 2 is 1.14 bits per heavy atom. The summed E-state index contributed by atoms with van der Waals surface area (Å²) >= 11 is 0. The van der Waals surface area contributed by atoms with Gasteiger partial charge in [-0.05, 0) is 100 Å². The minimum absolute atomic E-state index is 0.0187. The first-order chi connectivity index (χ1) is 17.4. The third-order valence-electron chi connectivity index (χ3n) is 11.3. The lowest BCUT2D eigenvalue weighted by Gasteiger charge is -2.49. The van der Waals surface area contributed by atoms with Gasteiger partial charge in [0.2, 0.25) is 0 Å². The van der Waals surface area contributed by atoms with E-state index in [4.69, 9.17) is 9.47 Å². The fourth-order valence-electron chi connectivity index (χ4n) is 9.10. The number of esters is 2. The lowest BCUT2D eigenvalue weighted by atomic mass is 9.57. The lowest BCUT2D eigenvalue weighted by Crippen LogP contribution is -2.56. The van der Waals surface area contributed by atoms with Crippen LogP contribution in [-0.2, 0) is 19.1 Å². The first kappa shape index (κ1) is 25.6. The van der Waals surface area contributed by atoms with Crippen LogP contribution in [0.1, 0.15) is 91.9 Å². The monoisotopic (exact) mass is 513 g/mol. The Morgan fingerprint density at radius 3 is 1.54 bits per heavy atom. The molecule has 2 saturated heterocycles. The number of carbonyl (C=O) groups is 2. The van der Waals surface area contributed by atoms with E-state index >= 15 is 0 Å². The van der Waals surface area contributed by atoms with E-state index in [1.807, 2.05) is 0 Å². The Balaban J connectivity index is 1.18. The van der Waals surface area contributed by atoms with Crippen molar-refractivity contribution >= 4 is 11.9 Å². The molecule has 0 radical (unpaired) electrons. The number of nitrogens with one attached hydrogen (secondary N) is 1. The van der Waals surface area contributed by atoms with Gasteiger partial charge in [0.15, 0.2) is 12.2 Å². The molecule has 4 fully saturated rings. The smallest absolute Gasteiger partial charge is 0.314 e. The minimum atomic E-state index is -1.25. The van der Waals surface area contributed by atoms with Crippen molar-refractivity contribution in [3.63, 3.8) is 0 Å². The van der Waals surface area contributed by atoms with Crippen molar-refractivity contribution in [2.45, 2.75) is 115 Å². The van der Waals surface area contributed by atoms with Crippen molar-refractivity contribution < 1.29 is 29.3 Å². The normalized spacial score (nSPS) is 47.2. The molecule has 6 unspecified atom stereocenters. The van der Waals surface area contributed by atoms with Crippen LogP contribution in [-0.4, -0.2) is 58.7 Å². The molecule has 8 atom stereocenters. The lowest BCUT2D eigenvalue weighted by molar-refractivity contribution is -0.144. The van der Waals surface area contributed by atoms with Crippen LogP contribution >= 0.6 is 0 Å². The summed E-state index contributed by atoms with van der Waals surface area (Å²) in [6, 6.07) is 0. The zero-order chi connectivity index (χ0) is 26.4. The summed E-state index contributed by atoms with van der Waals surface area (Å²) in [5.74, 6) is -2.16. The molecule has 0 aromatic rings. The van der Waals surface area contributed by atoms with E-state index in [1.165, 1.54) is 11.1 Å². The summed E-state index contributed by atoms with van der Waals surface area (Å²) in [5.41, 5.74) is 2.22. The van der Waals surface area contributed by atoms with E-state index in [9.17, 15) is 19.8 Å². The zero-order valence-corrected chi connectivity index (χ0v) is 22.8. The van der Waals surface area contributed by atoms with Gasteiger partial charge < -0.3 is 25.0 Å². The van der Waals surface area contributed by atoms with Gasteiger partial charge in [-0.15, -0.1) is 0 Å². The second kappa shape index (κ2) is 8.40. The number of fused-ring (bicyclic) bond motifs is 6. The van der Waals surface area contributed by atoms with Gasteiger partial charge in [-0.25, -0.2) is 0 Å². The van der Waals surface area contributed by atoms with E-state index < -0.39 is 35.2 Å². The van der Waals surface area contributed by atoms with Crippen molar-refractivity contribution in [3.05, 3.63) is 22.3 Å². The van der Waals surface area contributed by atoms with Crippen molar-refractivity contribution in [1.29, 1.82) is 0 Å². The van der Waals surface area contributed by atoms with E-state index in [2.05, 4.69) is 33.0 Å². The van der Waals surface area contributed by atoms with Crippen LogP contribution in [0.2, 0.25) is 0 Å². The minimum Gasteiger partial charge on any atom is -0.454 e. The highest BCUT2D eigenvalue weighted by Gasteiger charge is 2.65. The Bertz CT molecular complexity index is 1010. The number of hydrogen-bond donors (Lipinski definition) is 3. The highest BCUT2D eigenvalue weighted by Crippen LogP contribution is 2.58. The molecule has 6 aliphatic rings. The fraction of sp³-hybridized carbons (Fsp3) is 0.800. The van der Waals surface area contributed by atoms with E-state index in [0.717, 1.165) is 62.5 Å². The average Bonchev–Trinajstić information content (AvgIpc) is 3.23. The summed E-state index contributed by atoms with van der Waals surface area (Å²) in [4.78, 5) is 26.1. The molecule has 2 heterocycles. The van der Waals surface area contributed by atoms with E-state index in [1.54, 1.807) is 0 Å². The number of hydrogen-bond acceptors (Lipinski definition) is 7. The van der Waals surface area contributed by atoms with Gasteiger partial charge in [0.1, 0.15) is 23.0 Å². The molecule has 2 saturated carbocycles. The maximum absolute atomic E-state index is 13.1. The van der Waals surface area contributed by atoms with Crippen LogP contribution in [0, 0.1) is 22.7 Å². The zero-order valence-electron chi connectivity index (χ0n) is 22.8. The average molecular weight is 514 g/mol. The molecule has 6 rings (SSSR count). The standard InChI is InChI=1S/C30H43NO6/c1-17-7-5-9-27(3)11-13-29(34)19(25(32)36-23(29)21(17)27)15-31-16-20-26(33)37-24-22-18(2)8-6-10-28(22,4)12-14-30(20,24)35/h19-20,23-24,31,34-35H,5-16H2,1-4H3/t19?,20?,23?,24?,27?,28?,29-,30+. The number of allylic oxidation sites excluding steroid dienone is 2. The van der Waals surface area contributed by atoms with Crippen molar-refractivity contribution in [3.8, 4) is 0 Å². The summed E-state index contributed by atoms with van der Waals surface area (Å²) in [6.07, 6.45) is 7.89. The molecule has 0 amide bonds. The quantitative estimate of drug-likeness (QED) is 0.389. The molecule has 2 aliphatic heterocycles. The van der Waals surface area contributed by atoms with Crippen molar-refractivity contribution in [1.82, 2.24) is 5.32 Å². The summed E-state index contributed by atoms with van der Waals surface area (Å²) in [6.45, 7) is 9.12. The first-order valence-corrected chi connectivity index (χ1v) is 14.4. The van der Waals surface area contributed by atoms with E-state index in [-0.39, 0.29) is 35.9 Å². The van der Waals surface area contributed by atoms with E-state index in [0.29, 0.717) is 12.8 Å². The Kier molecular flexibility index (Phi) is 5.80. The SMILES string of the molecule is CC1=C2C3OC(=O)C(CNCC4C(=O)OC5C6=C(C)CCCC6(C)CC[C@]45O)[C@]3(O)CCC2(C)CCC1. The van der Waals surface area contributed by atoms with Gasteiger partial charge in [0, 0.05) is 13.1 Å². The predicted octanol–water partition coefficient (Wildman–Crippen LogP) is 3.72. The molecule has 0 bridgehead atoms. The molecular weight excluding hydrogens is 470 g/mol. The Morgan fingerprint density at radius 1 is 0.730 bits per heavy atom. The molecule has 0 aromatic heterocycles. The topological polar surface area (TPSA) is 105 Å². The number of rotatable bonds is 4. The van der Waals surface area contributed by atoms with Crippen LogP contribution in [0.25, 0.3) is 0 Å². The second-order valence-electron chi connectivity index (χ2n) is 13.6. The third-order valence-corrected chi connectivity index (χ3v) is 11.3. The highest BCUT2D eigenvalue weighted by atomic mass is 16.6. The van der Waals surface area contributed by atoms with Gasteiger partial charge in [0.25, 0.3) is 0 Å². The Labute approximate surface area is 220 Å². The predicted molar refractivity (Wildman–Crippen MR) is 137 cm³/mol. The molecule has 7 nitrogen and oxygen atoms in total. The van der Waals surface area contributed by atoms with Gasteiger partial charge in [-0.3, -0.25) is 9.59 Å². The van der Waals surface area contributed by atoms with Gasteiger partial charge in [0.05, 0.1) is 0 Å². The highest BCUT2D eigenvalue weighted by molar-refractivity contribution is 5.79. The molecule has 3 N–H and O–H groups in total. The van der Waals surface area contributed by atoms with Crippen LogP contribution in [0.5, 0.6) is 0 Å². The summed E-state index contributed by atoms with van der Waals surface area (Å²) in [7, 11) is 0. The number of aliphatic hydroxyl groups is 2. The summed E-state index contributed by atoms with van der Waals surface area (Å²) < 4.78 is 11.8. The maximum atomic E-state index is 13.1. The Hall–Kier alpha value is -1.70. The maximum Gasteiger partial charge on any atom is 0.314 e. The first-order valence-electron chi connectivity index (χ1n) is 14.4. The molecule has 0 spiro atoms. The second-order valence-corrected chi connectivity index (χ2v) is 13.6. The molecular formula is C30H43NO6. The van der Waals surface area contributed by atoms with Crippen LogP contribution < -0.4 is 5.32 Å². The van der Waals surface area contributed by atoms with Gasteiger partial charge in [-0.2, -0.15) is 0 Å². The molecule has 7 heteroatoms. The van der Waals surface area contributed by atoms with Gasteiger partial charge in [-0.1, -0.05) is 25.0 Å². The molecule has 204 valence electrons. The van der Waals surface area contributed by atoms with Crippen molar-refractivity contribution in [2.75, 3.05) is 13.1 Å². The van der Waals surface area contributed by atoms with Crippen LogP contribution in [0.15, 0.2) is 22.3 Å². The molecule has 37 heavy (non-hydrogen) atoms. The molecule has 4 aliphatic carbocycles. The van der Waals surface area contributed by atoms with Crippen molar-refractivity contribution in [2.24, 2.45) is 22.7 Å². The third kappa shape index (κ3) is 3.56.